The van der Waals surface area contributed by atoms with E-state index in [0.717, 1.165) is 12.8 Å². The van der Waals surface area contributed by atoms with E-state index < -0.39 is 8.07 Å². The Hall–Kier alpha value is -3.43. The summed E-state index contributed by atoms with van der Waals surface area (Å²) in [6, 6.07) is 21.8. The van der Waals surface area contributed by atoms with Crippen LogP contribution in [0.1, 0.15) is 58.2 Å². The van der Waals surface area contributed by atoms with Crippen LogP contribution in [-0.2, 0) is 19.9 Å². The van der Waals surface area contributed by atoms with Gasteiger partial charge in [0.05, 0.1) is 35.4 Å². The summed E-state index contributed by atoms with van der Waals surface area (Å²) in [5.74, 6) is 0. The zero-order chi connectivity index (χ0) is 30.8. The second-order valence-corrected chi connectivity index (χ2v) is 21.8. The molecule has 7 rings (SSSR count). The molecular formula is C40H47N2Si+. The summed E-state index contributed by atoms with van der Waals surface area (Å²) < 4.78 is 5.05. The summed E-state index contributed by atoms with van der Waals surface area (Å²) in [4.78, 5) is 0. The molecule has 0 aliphatic heterocycles. The number of aryl methyl sites for hydroxylation is 2. The monoisotopic (exact) mass is 583 g/mol. The van der Waals surface area contributed by atoms with Crippen LogP contribution in [-0.4, -0.2) is 12.5 Å². The molecule has 4 aromatic carbocycles. The van der Waals surface area contributed by atoms with Crippen molar-refractivity contribution in [1.29, 1.82) is 0 Å². The van der Waals surface area contributed by atoms with Crippen molar-refractivity contribution in [2.45, 2.75) is 80.9 Å². The van der Waals surface area contributed by atoms with Crippen LogP contribution in [0.3, 0.4) is 0 Å². The van der Waals surface area contributed by atoms with Gasteiger partial charge in [-0.05, 0) is 69.5 Å². The van der Waals surface area contributed by atoms with Crippen molar-refractivity contribution < 1.29 is 4.57 Å². The van der Waals surface area contributed by atoms with Gasteiger partial charge in [0.2, 0.25) is 5.52 Å². The van der Waals surface area contributed by atoms with Gasteiger partial charge in [-0.15, -0.1) is 0 Å². The molecule has 3 heteroatoms. The maximum atomic E-state index is 2.67. The summed E-state index contributed by atoms with van der Waals surface area (Å²) in [7, 11) is 0.754. The first-order valence-corrected chi connectivity index (χ1v) is 19.5. The number of fused-ring (bicyclic) bond motifs is 7. The quantitative estimate of drug-likeness (QED) is 0.0847. The molecule has 0 atom stereocenters. The smallest absolute Gasteiger partial charge is 0.224 e. The largest absolute Gasteiger partial charge is 0.307 e. The number of hydrogen-bond acceptors (Lipinski definition) is 0. The summed E-state index contributed by atoms with van der Waals surface area (Å²) >= 11 is 0. The molecular weight excluding hydrogens is 537 g/mol. The molecule has 0 aliphatic carbocycles. The maximum Gasteiger partial charge on any atom is 0.224 e. The Morgan fingerprint density at radius 1 is 0.698 bits per heavy atom. The lowest BCUT2D eigenvalue weighted by Gasteiger charge is -2.25. The third kappa shape index (κ3) is 4.38. The van der Waals surface area contributed by atoms with Gasteiger partial charge < -0.3 is 4.40 Å². The predicted molar refractivity (Wildman–Crippen MR) is 191 cm³/mol. The van der Waals surface area contributed by atoms with E-state index in [1.54, 1.807) is 0 Å². The van der Waals surface area contributed by atoms with Gasteiger partial charge in [0.25, 0.3) is 0 Å². The zero-order valence-corrected chi connectivity index (χ0v) is 29.1. The van der Waals surface area contributed by atoms with Crippen LogP contribution < -0.4 is 9.75 Å². The van der Waals surface area contributed by atoms with Crippen molar-refractivity contribution >= 4 is 73.0 Å². The second-order valence-electron chi connectivity index (χ2n) is 16.7. The van der Waals surface area contributed by atoms with Crippen molar-refractivity contribution in [3.63, 3.8) is 0 Å². The minimum Gasteiger partial charge on any atom is -0.307 e. The fourth-order valence-corrected chi connectivity index (χ4v) is 8.84. The average Bonchev–Trinajstić information content (AvgIpc) is 3.23. The molecule has 220 valence electrons. The van der Waals surface area contributed by atoms with Crippen LogP contribution in [0.2, 0.25) is 19.6 Å². The lowest BCUT2D eigenvalue weighted by Crippen LogP contribution is -2.37. The highest BCUT2D eigenvalue weighted by atomic mass is 28.3. The number of benzene rings is 4. The molecule has 3 aromatic heterocycles. The van der Waals surface area contributed by atoms with E-state index in [2.05, 4.69) is 145 Å². The van der Waals surface area contributed by atoms with Crippen molar-refractivity contribution in [3.05, 3.63) is 77.5 Å². The number of nitrogens with zero attached hydrogens (tertiary/aromatic N) is 2. The fourth-order valence-electron chi connectivity index (χ4n) is 7.68. The Morgan fingerprint density at radius 3 is 2.07 bits per heavy atom. The van der Waals surface area contributed by atoms with E-state index in [0.29, 0.717) is 0 Å². The maximum absolute atomic E-state index is 2.67. The van der Waals surface area contributed by atoms with E-state index >= 15 is 0 Å². The Bertz CT molecular complexity index is 2240. The molecule has 0 bridgehead atoms. The first kappa shape index (κ1) is 28.3. The minimum absolute atomic E-state index is 0.137. The topological polar surface area (TPSA) is 8.29 Å². The summed E-state index contributed by atoms with van der Waals surface area (Å²) in [5.41, 5.74) is 10.1. The molecule has 2 nitrogen and oxygen atoms in total. The molecule has 7 aromatic rings. The third-order valence-electron chi connectivity index (χ3n) is 9.51. The van der Waals surface area contributed by atoms with Crippen molar-refractivity contribution in [2.75, 3.05) is 0 Å². The lowest BCUT2D eigenvalue weighted by molar-refractivity contribution is -0.643. The molecule has 0 unspecified atom stereocenters. The molecule has 3 heterocycles. The van der Waals surface area contributed by atoms with Gasteiger partial charge in [0.15, 0.2) is 6.20 Å². The van der Waals surface area contributed by atoms with Gasteiger partial charge in [-0.3, -0.25) is 0 Å². The Kier molecular flexibility index (Phi) is 5.96. The van der Waals surface area contributed by atoms with Crippen LogP contribution >= 0.6 is 0 Å². The number of hydrogen-bond donors (Lipinski definition) is 0. The standard InChI is InChI=1S/C40H47N2Si/c1-24-30-20-25(22-39(2,3)4)12-15-28(30)32(23-40(5,6)7)37-34(24)38-35-26(18-19-41(38)8)13-16-29-31-21-27(43(9,10)11)14-17-33(31)42(37)36(29)35/h12-21H,22-23H2,1-11H3/q+1. The van der Waals surface area contributed by atoms with Crippen molar-refractivity contribution in [2.24, 2.45) is 17.9 Å². The fraction of sp³-hybridized carbons (Fsp3) is 0.375. The summed E-state index contributed by atoms with van der Waals surface area (Å²) in [6.07, 6.45) is 4.35. The van der Waals surface area contributed by atoms with Gasteiger partial charge in [0, 0.05) is 16.8 Å². The van der Waals surface area contributed by atoms with E-state index in [1.165, 1.54) is 81.6 Å². The third-order valence-corrected chi connectivity index (χ3v) is 11.6. The van der Waals surface area contributed by atoms with Crippen LogP contribution in [0.15, 0.2) is 60.8 Å². The molecule has 0 aliphatic rings. The summed E-state index contributed by atoms with van der Waals surface area (Å²) in [6.45, 7) is 23.9. The SMILES string of the molecule is Cc1c2cc(CC(C)(C)C)ccc2c(CC(C)(C)C)c2c1c1c3c(ccc4c5cc([Si](C)(C)C)ccc5n2c43)cc[n+]1C. The normalized spacial score (nSPS) is 13.7. The van der Waals surface area contributed by atoms with Crippen LogP contribution in [0.4, 0.5) is 0 Å². The molecule has 0 radical (unpaired) electrons. The number of rotatable bonds is 3. The van der Waals surface area contributed by atoms with Gasteiger partial charge in [-0.1, -0.05) is 109 Å². The van der Waals surface area contributed by atoms with E-state index in [9.17, 15) is 0 Å². The predicted octanol–water partition coefficient (Wildman–Crippen LogP) is 10.00. The highest BCUT2D eigenvalue weighted by molar-refractivity contribution is 6.88. The van der Waals surface area contributed by atoms with Crippen molar-refractivity contribution in [1.82, 2.24) is 4.40 Å². The highest BCUT2D eigenvalue weighted by Gasteiger charge is 2.29. The van der Waals surface area contributed by atoms with Gasteiger partial charge in [-0.25, -0.2) is 4.57 Å². The number of aromatic nitrogens is 2. The molecule has 0 amide bonds. The van der Waals surface area contributed by atoms with Gasteiger partial charge >= 0.3 is 0 Å². The molecule has 0 saturated carbocycles. The second kappa shape index (κ2) is 9.05. The van der Waals surface area contributed by atoms with Crippen LogP contribution in [0.25, 0.3) is 59.8 Å². The molecule has 43 heavy (non-hydrogen) atoms. The molecule has 0 fully saturated rings. The Labute approximate surface area is 257 Å². The molecule has 0 spiro atoms. The van der Waals surface area contributed by atoms with E-state index in [4.69, 9.17) is 0 Å². The Morgan fingerprint density at radius 2 is 1.40 bits per heavy atom. The van der Waals surface area contributed by atoms with Crippen LogP contribution in [0.5, 0.6) is 0 Å². The Balaban J connectivity index is 1.80. The zero-order valence-electron chi connectivity index (χ0n) is 28.1. The van der Waals surface area contributed by atoms with E-state index in [1.807, 2.05) is 0 Å². The lowest BCUT2D eigenvalue weighted by atomic mass is 9.81. The van der Waals surface area contributed by atoms with Crippen molar-refractivity contribution in [3.8, 4) is 0 Å². The van der Waals surface area contributed by atoms with Crippen LogP contribution in [0, 0.1) is 17.8 Å². The number of pyridine rings is 2. The minimum atomic E-state index is -1.48. The molecule has 0 saturated heterocycles. The highest BCUT2D eigenvalue weighted by Crippen LogP contribution is 2.45. The molecule has 0 N–H and O–H groups in total. The first-order chi connectivity index (χ1) is 20.0. The summed E-state index contributed by atoms with van der Waals surface area (Å²) in [5, 5.41) is 11.2. The van der Waals surface area contributed by atoms with Gasteiger partial charge in [-0.2, -0.15) is 0 Å². The first-order valence-electron chi connectivity index (χ1n) is 16.0. The van der Waals surface area contributed by atoms with Gasteiger partial charge in [0.1, 0.15) is 7.05 Å². The van der Waals surface area contributed by atoms with E-state index in [-0.39, 0.29) is 10.8 Å². The average molecular weight is 584 g/mol.